The summed E-state index contributed by atoms with van der Waals surface area (Å²) in [7, 11) is 2.93. The van der Waals surface area contributed by atoms with Crippen molar-refractivity contribution >= 4 is 43.8 Å². The molecule has 0 bridgehead atoms. The normalized spacial score (nSPS) is 12.6. The fourth-order valence-electron chi connectivity index (χ4n) is 2.92. The van der Waals surface area contributed by atoms with Gasteiger partial charge in [0.25, 0.3) is 5.56 Å². The molecule has 0 aliphatic heterocycles. The Morgan fingerprint density at radius 3 is 2.67 bits per heavy atom. The highest BCUT2D eigenvalue weighted by Crippen LogP contribution is 2.26. The molecule has 3 heterocycles. The van der Waals surface area contributed by atoms with E-state index in [-0.39, 0.29) is 17.1 Å². The minimum Gasteiger partial charge on any atom is -0.312 e. The van der Waals surface area contributed by atoms with Crippen molar-refractivity contribution in [3.63, 3.8) is 0 Å². The van der Waals surface area contributed by atoms with Gasteiger partial charge in [-0.05, 0) is 19.1 Å². The van der Waals surface area contributed by atoms with Crippen LogP contribution in [0.2, 0.25) is 0 Å². The van der Waals surface area contributed by atoms with E-state index in [1.807, 2.05) is 24.3 Å². The van der Waals surface area contributed by atoms with E-state index in [9.17, 15) is 14.4 Å². The van der Waals surface area contributed by atoms with Crippen molar-refractivity contribution in [1.82, 2.24) is 23.7 Å². The van der Waals surface area contributed by atoms with Crippen LogP contribution in [0, 0.1) is 0 Å². The van der Waals surface area contributed by atoms with E-state index in [0.717, 1.165) is 14.8 Å². The largest absolute Gasteiger partial charge is 0.332 e. The van der Waals surface area contributed by atoms with Gasteiger partial charge in [-0.2, -0.15) is 0 Å². The summed E-state index contributed by atoms with van der Waals surface area (Å²) in [5.41, 5.74) is 0.284. The number of para-hydroxylation sites is 1. The molecule has 3 aromatic heterocycles. The number of rotatable bonds is 3. The van der Waals surface area contributed by atoms with Crippen LogP contribution in [0.25, 0.3) is 21.4 Å². The van der Waals surface area contributed by atoms with Gasteiger partial charge < -0.3 is 9.88 Å². The van der Waals surface area contributed by atoms with Crippen LogP contribution in [-0.2, 0) is 18.9 Å². The van der Waals surface area contributed by atoms with E-state index in [0.29, 0.717) is 5.13 Å². The molecule has 0 aliphatic carbocycles. The van der Waals surface area contributed by atoms with E-state index < -0.39 is 17.3 Å². The van der Waals surface area contributed by atoms with Crippen molar-refractivity contribution < 1.29 is 4.79 Å². The van der Waals surface area contributed by atoms with Crippen molar-refractivity contribution in [3.8, 4) is 0 Å². The second kappa shape index (κ2) is 6.16. The first-order valence-corrected chi connectivity index (χ1v) is 8.99. The number of imidazole rings is 1. The van der Waals surface area contributed by atoms with Crippen molar-refractivity contribution in [2.45, 2.75) is 13.0 Å². The smallest absolute Gasteiger partial charge is 0.312 e. The Morgan fingerprint density at radius 2 is 1.93 bits per heavy atom. The molecule has 10 heteroatoms. The molecule has 27 heavy (non-hydrogen) atoms. The van der Waals surface area contributed by atoms with Gasteiger partial charge in [-0.1, -0.05) is 23.5 Å². The van der Waals surface area contributed by atoms with Crippen LogP contribution in [0.15, 0.2) is 40.2 Å². The molecule has 1 atom stereocenters. The topological polar surface area (TPSA) is 104 Å². The van der Waals surface area contributed by atoms with E-state index in [1.165, 1.54) is 40.9 Å². The Morgan fingerprint density at radius 1 is 1.19 bits per heavy atom. The quantitative estimate of drug-likeness (QED) is 0.572. The summed E-state index contributed by atoms with van der Waals surface area (Å²) in [6.07, 6.45) is 1.40. The maximum atomic E-state index is 12.7. The number of aryl methyl sites for hydroxylation is 1. The molecular weight excluding hydrogens is 368 g/mol. The molecule has 0 fully saturated rings. The van der Waals surface area contributed by atoms with Gasteiger partial charge in [0.05, 0.1) is 16.5 Å². The number of hydrogen-bond donors (Lipinski definition) is 1. The van der Waals surface area contributed by atoms with Crippen LogP contribution in [0.1, 0.15) is 13.0 Å². The third kappa shape index (κ3) is 2.65. The molecule has 0 aliphatic rings. The van der Waals surface area contributed by atoms with Gasteiger partial charge in [0.1, 0.15) is 6.04 Å². The van der Waals surface area contributed by atoms with Crippen LogP contribution < -0.4 is 16.6 Å². The summed E-state index contributed by atoms with van der Waals surface area (Å²) in [6, 6.07) is 6.88. The predicted molar refractivity (Wildman–Crippen MR) is 103 cm³/mol. The number of amides is 1. The Kier molecular flexibility index (Phi) is 3.92. The Labute approximate surface area is 156 Å². The van der Waals surface area contributed by atoms with E-state index in [1.54, 1.807) is 6.92 Å². The molecule has 4 aromatic rings. The second-order valence-electron chi connectivity index (χ2n) is 6.18. The molecule has 9 nitrogen and oxygen atoms in total. The zero-order chi connectivity index (χ0) is 19.3. The highest BCUT2D eigenvalue weighted by atomic mass is 32.1. The van der Waals surface area contributed by atoms with E-state index >= 15 is 0 Å². The minimum absolute atomic E-state index is 0.201. The molecule has 0 saturated heterocycles. The third-order valence-corrected chi connectivity index (χ3v) is 5.45. The minimum atomic E-state index is -0.716. The number of anilines is 1. The van der Waals surface area contributed by atoms with E-state index in [2.05, 4.69) is 15.3 Å². The van der Waals surface area contributed by atoms with Crippen LogP contribution in [0.3, 0.4) is 0 Å². The highest BCUT2D eigenvalue weighted by Gasteiger charge is 2.22. The van der Waals surface area contributed by atoms with Crippen LogP contribution in [0.5, 0.6) is 0 Å². The second-order valence-corrected chi connectivity index (χ2v) is 7.21. The summed E-state index contributed by atoms with van der Waals surface area (Å²) in [6.45, 7) is 1.66. The molecule has 0 radical (unpaired) electrons. The number of nitrogens with zero attached hydrogens (tertiary/aromatic N) is 5. The molecule has 4 rings (SSSR count). The fraction of sp³-hybridized carbons (Fsp3) is 0.235. The monoisotopic (exact) mass is 384 g/mol. The Bertz CT molecular complexity index is 1280. The van der Waals surface area contributed by atoms with Crippen molar-refractivity contribution in [3.05, 3.63) is 51.4 Å². The first-order chi connectivity index (χ1) is 12.9. The molecule has 0 saturated carbocycles. The van der Waals surface area contributed by atoms with Crippen LogP contribution in [-0.4, -0.2) is 29.6 Å². The maximum absolute atomic E-state index is 12.7. The number of carbonyl (C=O) groups is 1. The number of nitrogens with one attached hydrogen (secondary N) is 1. The van der Waals surface area contributed by atoms with Crippen molar-refractivity contribution in [1.29, 1.82) is 0 Å². The molecule has 1 amide bonds. The van der Waals surface area contributed by atoms with Crippen molar-refractivity contribution in [2.24, 2.45) is 14.1 Å². The number of carbonyl (C=O) groups excluding carboxylic acids is 1. The van der Waals surface area contributed by atoms with Gasteiger partial charge in [0, 0.05) is 14.1 Å². The summed E-state index contributed by atoms with van der Waals surface area (Å²) < 4.78 is 4.72. The van der Waals surface area contributed by atoms with Gasteiger partial charge in [0.2, 0.25) is 5.91 Å². The summed E-state index contributed by atoms with van der Waals surface area (Å²) in [5, 5.41) is 3.27. The highest BCUT2D eigenvalue weighted by molar-refractivity contribution is 7.22. The zero-order valence-corrected chi connectivity index (χ0v) is 15.6. The molecule has 1 aromatic carbocycles. The molecular formula is C17H16N6O3S. The predicted octanol–water partition coefficient (Wildman–Crippen LogP) is 1.24. The van der Waals surface area contributed by atoms with Gasteiger partial charge >= 0.3 is 5.69 Å². The Hall–Kier alpha value is -3.27. The summed E-state index contributed by atoms with van der Waals surface area (Å²) >= 11 is 1.37. The van der Waals surface area contributed by atoms with Gasteiger partial charge in [0.15, 0.2) is 16.3 Å². The van der Waals surface area contributed by atoms with Crippen LogP contribution in [0.4, 0.5) is 5.13 Å². The summed E-state index contributed by atoms with van der Waals surface area (Å²) in [5.74, 6) is -0.329. The number of thiazole rings is 1. The van der Waals surface area contributed by atoms with Gasteiger partial charge in [-0.15, -0.1) is 0 Å². The maximum Gasteiger partial charge on any atom is 0.332 e. The SMILES string of the molecule is CC(C(=O)Nc1nc2ccccc2s1)n1cnc2c1c(=O)n(C)c(=O)n2C. The molecule has 1 unspecified atom stereocenters. The van der Waals surface area contributed by atoms with Crippen molar-refractivity contribution in [2.75, 3.05) is 5.32 Å². The number of hydrogen-bond acceptors (Lipinski definition) is 6. The van der Waals surface area contributed by atoms with Gasteiger partial charge in [-0.25, -0.2) is 14.8 Å². The third-order valence-electron chi connectivity index (χ3n) is 4.49. The lowest BCUT2D eigenvalue weighted by Gasteiger charge is -2.13. The molecule has 138 valence electrons. The standard InChI is InChI=1S/C17H16N6O3S/c1-9(14(24)20-16-19-10-6-4-5-7-11(10)27-16)23-8-18-13-12(23)15(25)22(3)17(26)21(13)2/h4-9H,1-3H3,(H,19,20,24). The molecule has 0 spiro atoms. The lowest BCUT2D eigenvalue weighted by Crippen LogP contribution is -2.38. The van der Waals surface area contributed by atoms with E-state index in [4.69, 9.17) is 0 Å². The number of aromatic nitrogens is 5. The number of fused-ring (bicyclic) bond motifs is 2. The lowest BCUT2D eigenvalue weighted by molar-refractivity contribution is -0.118. The zero-order valence-electron chi connectivity index (χ0n) is 14.8. The number of benzene rings is 1. The van der Waals surface area contributed by atoms with Crippen LogP contribution >= 0.6 is 11.3 Å². The lowest BCUT2D eigenvalue weighted by atomic mass is 10.3. The first kappa shape index (κ1) is 17.2. The molecule has 1 N–H and O–H groups in total. The first-order valence-electron chi connectivity index (χ1n) is 8.17. The average molecular weight is 384 g/mol. The Balaban J connectivity index is 1.72. The van der Waals surface area contributed by atoms with Gasteiger partial charge in [-0.3, -0.25) is 18.7 Å². The average Bonchev–Trinajstić information content (AvgIpc) is 3.27. The fourth-order valence-corrected chi connectivity index (χ4v) is 3.79. The summed E-state index contributed by atoms with van der Waals surface area (Å²) in [4.78, 5) is 45.8.